The number of benzene rings is 2. The molecule has 6 rings (SSSR count). The molecule has 4 heterocycles. The molecule has 35 heavy (non-hydrogen) atoms. The Kier molecular flexibility index (Phi) is 4.94. The number of fused-ring (bicyclic) bond motifs is 2. The van der Waals surface area contributed by atoms with E-state index in [4.69, 9.17) is 10.7 Å². The number of carbonyl (C=O) groups excluding carboxylic acids is 1. The molecule has 1 aliphatic heterocycles. The van der Waals surface area contributed by atoms with Gasteiger partial charge in [-0.1, -0.05) is 28.9 Å². The molecule has 0 aliphatic carbocycles. The van der Waals surface area contributed by atoms with Gasteiger partial charge in [-0.05, 0) is 24.3 Å². The van der Waals surface area contributed by atoms with Crippen LogP contribution in [0.5, 0.6) is 5.75 Å². The molecule has 8 N–H and O–H groups in total. The average molecular weight is 532 g/mol. The predicted octanol–water partition coefficient (Wildman–Crippen LogP) is 4.12. The molecular formula is C25H22BrN7O2. The minimum absolute atomic E-state index is 0.130. The number of nitrogens with zero attached hydrogens (tertiary/aromatic N) is 1. The Balaban J connectivity index is 1.49. The SMILES string of the molecule is CC(C1=CNC(N)N1)c1[nH]c(C(=O)c2c[nH]c3cc(O)ccc23)nc1-c1c[nH]c2cc(Br)ccc12. The van der Waals surface area contributed by atoms with Crippen molar-refractivity contribution in [1.29, 1.82) is 0 Å². The zero-order valence-electron chi connectivity index (χ0n) is 18.6. The van der Waals surface area contributed by atoms with Crippen LogP contribution in [0.3, 0.4) is 0 Å². The third-order valence-electron chi connectivity index (χ3n) is 6.40. The van der Waals surface area contributed by atoms with Crippen molar-refractivity contribution in [3.05, 3.63) is 82.2 Å². The van der Waals surface area contributed by atoms with E-state index in [1.165, 1.54) is 0 Å². The third kappa shape index (κ3) is 3.58. The van der Waals surface area contributed by atoms with E-state index in [1.807, 2.05) is 37.5 Å². The molecule has 2 unspecified atom stereocenters. The second-order valence-corrected chi connectivity index (χ2v) is 9.53. The Morgan fingerprint density at radius 1 is 1.11 bits per heavy atom. The summed E-state index contributed by atoms with van der Waals surface area (Å²) in [7, 11) is 0. The summed E-state index contributed by atoms with van der Waals surface area (Å²) in [5.41, 5.74) is 11.3. The maximum atomic E-state index is 13.6. The van der Waals surface area contributed by atoms with Crippen LogP contribution in [-0.2, 0) is 0 Å². The zero-order chi connectivity index (χ0) is 24.3. The van der Waals surface area contributed by atoms with Crippen LogP contribution in [0.4, 0.5) is 0 Å². The second kappa shape index (κ2) is 8.03. The topological polar surface area (TPSA) is 148 Å². The third-order valence-corrected chi connectivity index (χ3v) is 6.89. The van der Waals surface area contributed by atoms with E-state index in [0.717, 1.165) is 32.3 Å². The first kappa shape index (κ1) is 21.5. The molecule has 0 bridgehead atoms. The smallest absolute Gasteiger partial charge is 0.230 e. The number of phenols is 1. The monoisotopic (exact) mass is 531 g/mol. The number of carbonyl (C=O) groups is 1. The Bertz CT molecular complexity index is 1640. The van der Waals surface area contributed by atoms with Gasteiger partial charge in [0.25, 0.3) is 0 Å². The van der Waals surface area contributed by atoms with Gasteiger partial charge in [-0.25, -0.2) is 4.98 Å². The number of H-pyrrole nitrogens is 3. The first-order chi connectivity index (χ1) is 16.9. The number of ketones is 1. The van der Waals surface area contributed by atoms with Crippen molar-refractivity contribution in [3.63, 3.8) is 0 Å². The highest BCUT2D eigenvalue weighted by atomic mass is 79.9. The predicted molar refractivity (Wildman–Crippen MR) is 138 cm³/mol. The summed E-state index contributed by atoms with van der Waals surface area (Å²) in [5.74, 6) is -0.0177. The number of aromatic hydroxyl groups is 1. The summed E-state index contributed by atoms with van der Waals surface area (Å²) >= 11 is 3.52. The maximum absolute atomic E-state index is 13.6. The molecular weight excluding hydrogens is 510 g/mol. The van der Waals surface area contributed by atoms with Crippen LogP contribution in [0, 0.1) is 0 Å². The molecule has 2 atom stereocenters. The molecule has 3 aromatic heterocycles. The van der Waals surface area contributed by atoms with Crippen LogP contribution in [0.2, 0.25) is 0 Å². The van der Waals surface area contributed by atoms with Crippen molar-refractivity contribution < 1.29 is 9.90 Å². The molecule has 10 heteroatoms. The van der Waals surface area contributed by atoms with Gasteiger partial charge in [0.05, 0.1) is 17.0 Å². The number of rotatable bonds is 5. The van der Waals surface area contributed by atoms with E-state index in [0.29, 0.717) is 22.2 Å². The summed E-state index contributed by atoms with van der Waals surface area (Å²) in [6.07, 6.45) is 5.03. The molecule has 176 valence electrons. The minimum atomic E-state index is -0.368. The fourth-order valence-electron chi connectivity index (χ4n) is 4.58. The summed E-state index contributed by atoms with van der Waals surface area (Å²) in [6.45, 7) is 2.03. The van der Waals surface area contributed by atoms with E-state index in [1.54, 1.807) is 24.4 Å². The van der Waals surface area contributed by atoms with Gasteiger partial charge >= 0.3 is 0 Å². The largest absolute Gasteiger partial charge is 0.508 e. The molecule has 2 aromatic carbocycles. The number of nitrogens with two attached hydrogens (primary N) is 1. The van der Waals surface area contributed by atoms with Crippen molar-refractivity contribution in [2.75, 3.05) is 0 Å². The number of imidazole rings is 1. The zero-order valence-corrected chi connectivity index (χ0v) is 20.2. The first-order valence-electron chi connectivity index (χ1n) is 11.1. The molecule has 9 nitrogen and oxygen atoms in total. The number of allylic oxidation sites excluding steroid dienone is 1. The summed E-state index contributed by atoms with van der Waals surface area (Å²) in [6, 6.07) is 10.9. The molecule has 0 radical (unpaired) electrons. The standard InChI is InChI=1S/C25H22BrN7O2/c1-11(20-10-30-25(27)31-20)21-22(16-8-28-18-6-12(26)2-4-14(16)18)33-24(32-21)23(35)17-9-29-19-7-13(34)3-5-15(17)19/h2-11,25,28-31,34H,27H2,1H3,(H,32,33). The van der Waals surface area contributed by atoms with E-state index < -0.39 is 0 Å². The highest BCUT2D eigenvalue weighted by molar-refractivity contribution is 9.10. The first-order valence-corrected chi connectivity index (χ1v) is 11.9. The summed E-state index contributed by atoms with van der Waals surface area (Å²) in [5, 5.41) is 17.8. The lowest BCUT2D eigenvalue weighted by atomic mass is 9.99. The Morgan fingerprint density at radius 3 is 2.69 bits per heavy atom. The lowest BCUT2D eigenvalue weighted by molar-refractivity contribution is 0.103. The second-order valence-electron chi connectivity index (χ2n) is 8.61. The van der Waals surface area contributed by atoms with Crippen molar-refractivity contribution in [1.82, 2.24) is 30.6 Å². The van der Waals surface area contributed by atoms with Crippen LogP contribution < -0.4 is 16.4 Å². The van der Waals surface area contributed by atoms with E-state index >= 15 is 0 Å². The lowest BCUT2D eigenvalue weighted by Crippen LogP contribution is -2.41. The number of phenolic OH excluding ortho intramolecular Hbond substituents is 1. The molecule has 1 aliphatic rings. The van der Waals surface area contributed by atoms with Crippen molar-refractivity contribution in [3.8, 4) is 17.0 Å². The fourth-order valence-corrected chi connectivity index (χ4v) is 4.95. The minimum Gasteiger partial charge on any atom is -0.508 e. The Morgan fingerprint density at radius 2 is 1.89 bits per heavy atom. The van der Waals surface area contributed by atoms with Gasteiger partial charge < -0.3 is 30.7 Å². The Hall–Kier alpha value is -4.02. The number of hydrogen-bond acceptors (Lipinski definition) is 6. The van der Waals surface area contributed by atoms with Gasteiger partial charge in [-0.15, -0.1) is 0 Å². The quantitative estimate of drug-likeness (QED) is 0.170. The van der Waals surface area contributed by atoms with E-state index in [9.17, 15) is 9.90 Å². The highest BCUT2D eigenvalue weighted by Crippen LogP contribution is 2.36. The number of halogens is 1. The van der Waals surface area contributed by atoms with Crippen LogP contribution in [0.15, 0.2) is 65.2 Å². The normalized spacial score (nSPS) is 16.3. The molecule has 0 saturated carbocycles. The summed E-state index contributed by atoms with van der Waals surface area (Å²) in [4.78, 5) is 28.1. The van der Waals surface area contributed by atoms with Crippen LogP contribution in [-0.4, -0.2) is 37.1 Å². The highest BCUT2D eigenvalue weighted by Gasteiger charge is 2.28. The molecule has 0 saturated heterocycles. The van der Waals surface area contributed by atoms with Crippen molar-refractivity contribution in [2.45, 2.75) is 19.1 Å². The molecule has 5 aromatic rings. The van der Waals surface area contributed by atoms with Gasteiger partial charge in [0, 0.05) is 68.1 Å². The van der Waals surface area contributed by atoms with Crippen molar-refractivity contribution >= 4 is 43.5 Å². The molecule has 0 fully saturated rings. The van der Waals surface area contributed by atoms with E-state index in [2.05, 4.69) is 41.5 Å². The van der Waals surface area contributed by atoms with Crippen LogP contribution in [0.1, 0.15) is 34.7 Å². The van der Waals surface area contributed by atoms with Gasteiger partial charge in [-0.3, -0.25) is 10.5 Å². The molecule has 0 spiro atoms. The fraction of sp³-hybridized carbons (Fsp3) is 0.120. The van der Waals surface area contributed by atoms with Gasteiger partial charge in [0.15, 0.2) is 5.82 Å². The lowest BCUT2D eigenvalue weighted by Gasteiger charge is -2.15. The molecule has 0 amide bonds. The summed E-state index contributed by atoms with van der Waals surface area (Å²) < 4.78 is 0.968. The van der Waals surface area contributed by atoms with Gasteiger partial charge in [-0.2, -0.15) is 0 Å². The van der Waals surface area contributed by atoms with Gasteiger partial charge in [0.2, 0.25) is 5.78 Å². The average Bonchev–Trinajstić information content (AvgIpc) is 3.62. The Labute approximate surface area is 208 Å². The number of hydrogen-bond donors (Lipinski definition) is 7. The number of aromatic nitrogens is 4. The van der Waals surface area contributed by atoms with Crippen molar-refractivity contribution in [2.24, 2.45) is 5.73 Å². The number of nitrogens with one attached hydrogen (secondary N) is 5. The number of aromatic amines is 3. The van der Waals surface area contributed by atoms with E-state index in [-0.39, 0.29) is 29.6 Å². The maximum Gasteiger partial charge on any atom is 0.230 e. The van der Waals surface area contributed by atoms with Crippen LogP contribution in [0.25, 0.3) is 33.1 Å². The van der Waals surface area contributed by atoms with Gasteiger partial charge in [0.1, 0.15) is 12.0 Å². The van der Waals surface area contributed by atoms with Crippen LogP contribution >= 0.6 is 15.9 Å².